The van der Waals surface area contributed by atoms with Crippen molar-refractivity contribution in [1.82, 2.24) is 10.2 Å². The van der Waals surface area contributed by atoms with E-state index in [9.17, 15) is 5.26 Å². The molecule has 3 unspecified atom stereocenters. The fourth-order valence-electron chi connectivity index (χ4n) is 3.80. The molecule has 3 atom stereocenters. The number of hydrogen-bond donors (Lipinski definition) is 1. The summed E-state index contributed by atoms with van der Waals surface area (Å²) >= 11 is 0. The van der Waals surface area contributed by atoms with E-state index in [-0.39, 0.29) is 5.54 Å². The summed E-state index contributed by atoms with van der Waals surface area (Å²) in [4.78, 5) is 2.57. The summed E-state index contributed by atoms with van der Waals surface area (Å²) in [7, 11) is 2.29. The van der Waals surface area contributed by atoms with Gasteiger partial charge in [0.1, 0.15) is 5.54 Å². The molecule has 1 N–H and O–H groups in total. The van der Waals surface area contributed by atoms with Crippen LogP contribution in [0.5, 0.6) is 0 Å². The van der Waals surface area contributed by atoms with E-state index in [1.54, 1.807) is 0 Å². The van der Waals surface area contributed by atoms with Crippen LogP contribution >= 0.6 is 0 Å². The fourth-order valence-corrected chi connectivity index (χ4v) is 3.80. The van der Waals surface area contributed by atoms with E-state index in [4.69, 9.17) is 0 Å². The number of hydrogen-bond acceptors (Lipinski definition) is 3. The standard InChI is InChI=1S/C18H33N3/c1-15-8-4-5-9-17(15)21(3)13-7-6-12-18(2,14-19)20-16-10-11-16/h15-17,20H,4-13H2,1-3H3. The van der Waals surface area contributed by atoms with Crippen molar-refractivity contribution in [3.8, 4) is 6.07 Å². The van der Waals surface area contributed by atoms with Crippen LogP contribution in [0.4, 0.5) is 0 Å². The Morgan fingerprint density at radius 1 is 1.19 bits per heavy atom. The van der Waals surface area contributed by atoms with Crippen LogP contribution in [0.25, 0.3) is 0 Å². The van der Waals surface area contributed by atoms with E-state index >= 15 is 0 Å². The lowest BCUT2D eigenvalue weighted by Gasteiger charge is -2.36. The third kappa shape index (κ3) is 5.27. The molecule has 2 aliphatic rings. The van der Waals surface area contributed by atoms with Crippen LogP contribution in [0.3, 0.4) is 0 Å². The highest BCUT2D eigenvalue weighted by Crippen LogP contribution is 2.28. The van der Waals surface area contributed by atoms with Gasteiger partial charge < -0.3 is 4.90 Å². The Morgan fingerprint density at radius 3 is 2.52 bits per heavy atom. The molecule has 0 aromatic carbocycles. The molecule has 0 saturated heterocycles. The second-order valence-electron chi connectivity index (χ2n) is 7.63. The highest BCUT2D eigenvalue weighted by Gasteiger charge is 2.32. The van der Waals surface area contributed by atoms with Gasteiger partial charge in [-0.15, -0.1) is 0 Å². The topological polar surface area (TPSA) is 39.1 Å². The lowest BCUT2D eigenvalue weighted by atomic mass is 9.85. The first-order valence-corrected chi connectivity index (χ1v) is 8.93. The normalized spacial score (nSPS) is 29.1. The van der Waals surface area contributed by atoms with Crippen molar-refractivity contribution in [1.29, 1.82) is 5.26 Å². The Kier molecular flexibility index (Phi) is 6.08. The smallest absolute Gasteiger partial charge is 0.104 e. The maximum atomic E-state index is 9.39. The summed E-state index contributed by atoms with van der Waals surface area (Å²) in [5, 5.41) is 12.9. The van der Waals surface area contributed by atoms with Crippen molar-refractivity contribution in [2.24, 2.45) is 5.92 Å². The minimum absolute atomic E-state index is 0.308. The molecule has 2 rings (SSSR count). The summed E-state index contributed by atoms with van der Waals surface area (Å²) < 4.78 is 0. The molecule has 0 bridgehead atoms. The number of nitriles is 1. The van der Waals surface area contributed by atoms with E-state index in [0.29, 0.717) is 6.04 Å². The predicted molar refractivity (Wildman–Crippen MR) is 88.1 cm³/mol. The molecule has 0 aliphatic heterocycles. The molecule has 120 valence electrons. The second kappa shape index (κ2) is 7.61. The van der Waals surface area contributed by atoms with Gasteiger partial charge >= 0.3 is 0 Å². The van der Waals surface area contributed by atoms with Crippen molar-refractivity contribution in [3.05, 3.63) is 0 Å². The molecular formula is C18H33N3. The zero-order chi connectivity index (χ0) is 15.3. The number of rotatable bonds is 8. The van der Waals surface area contributed by atoms with E-state index in [1.807, 2.05) is 0 Å². The lowest BCUT2D eigenvalue weighted by Crippen LogP contribution is -2.42. The molecule has 3 heteroatoms. The fraction of sp³-hybridized carbons (Fsp3) is 0.944. The van der Waals surface area contributed by atoms with Crippen molar-refractivity contribution in [2.45, 2.75) is 89.3 Å². The largest absolute Gasteiger partial charge is 0.303 e. The number of unbranched alkanes of at least 4 members (excludes halogenated alkanes) is 1. The zero-order valence-electron chi connectivity index (χ0n) is 14.2. The van der Waals surface area contributed by atoms with Crippen LogP contribution in [0.1, 0.15) is 71.6 Å². The van der Waals surface area contributed by atoms with Gasteiger partial charge in [0.05, 0.1) is 6.07 Å². The molecule has 0 heterocycles. The molecule has 2 saturated carbocycles. The molecule has 2 aliphatic carbocycles. The maximum Gasteiger partial charge on any atom is 0.104 e. The van der Waals surface area contributed by atoms with Gasteiger partial charge in [-0.25, -0.2) is 0 Å². The van der Waals surface area contributed by atoms with Gasteiger partial charge in [0.2, 0.25) is 0 Å². The van der Waals surface area contributed by atoms with Crippen LogP contribution in [-0.2, 0) is 0 Å². The quantitative estimate of drug-likeness (QED) is 0.693. The molecule has 0 aromatic heterocycles. The summed E-state index contributed by atoms with van der Waals surface area (Å²) in [6, 6.07) is 3.88. The average Bonchev–Trinajstić information content (AvgIpc) is 3.27. The van der Waals surface area contributed by atoms with Gasteiger partial charge in [0.15, 0.2) is 0 Å². The summed E-state index contributed by atoms with van der Waals surface area (Å²) in [5.41, 5.74) is -0.308. The molecule has 0 spiro atoms. The molecule has 0 aromatic rings. The van der Waals surface area contributed by atoms with Crippen LogP contribution in [-0.4, -0.2) is 36.1 Å². The molecule has 0 radical (unpaired) electrons. The minimum atomic E-state index is -0.308. The van der Waals surface area contributed by atoms with Crippen LogP contribution in [0.15, 0.2) is 0 Å². The monoisotopic (exact) mass is 291 g/mol. The number of nitrogens with zero attached hydrogens (tertiary/aromatic N) is 2. The third-order valence-electron chi connectivity index (χ3n) is 5.42. The van der Waals surface area contributed by atoms with Gasteiger partial charge in [-0.3, -0.25) is 5.32 Å². The average molecular weight is 291 g/mol. The highest BCUT2D eigenvalue weighted by atomic mass is 15.1. The maximum absolute atomic E-state index is 9.39. The Morgan fingerprint density at radius 2 is 1.90 bits per heavy atom. The second-order valence-corrected chi connectivity index (χ2v) is 7.63. The van der Waals surface area contributed by atoms with Crippen LogP contribution in [0, 0.1) is 17.2 Å². The first-order valence-electron chi connectivity index (χ1n) is 8.93. The Labute approximate surface area is 131 Å². The van der Waals surface area contributed by atoms with Crippen molar-refractivity contribution in [2.75, 3.05) is 13.6 Å². The van der Waals surface area contributed by atoms with E-state index in [1.165, 1.54) is 51.5 Å². The first kappa shape index (κ1) is 16.8. The Balaban J connectivity index is 1.65. The van der Waals surface area contributed by atoms with Gasteiger partial charge in [0.25, 0.3) is 0 Å². The van der Waals surface area contributed by atoms with E-state index < -0.39 is 0 Å². The number of nitrogens with one attached hydrogen (secondary N) is 1. The van der Waals surface area contributed by atoms with Crippen LogP contribution < -0.4 is 5.32 Å². The highest BCUT2D eigenvalue weighted by molar-refractivity contribution is 5.06. The molecule has 2 fully saturated rings. The van der Waals surface area contributed by atoms with Crippen LogP contribution in [0.2, 0.25) is 0 Å². The molecular weight excluding hydrogens is 258 g/mol. The van der Waals surface area contributed by atoms with Gasteiger partial charge in [-0.1, -0.05) is 19.8 Å². The predicted octanol–water partition coefficient (Wildman–Crippen LogP) is 3.70. The zero-order valence-corrected chi connectivity index (χ0v) is 14.2. The minimum Gasteiger partial charge on any atom is -0.303 e. The van der Waals surface area contributed by atoms with Gasteiger partial charge in [-0.2, -0.15) is 5.26 Å². The molecule has 21 heavy (non-hydrogen) atoms. The van der Waals surface area contributed by atoms with Crippen molar-refractivity contribution in [3.63, 3.8) is 0 Å². The van der Waals surface area contributed by atoms with Gasteiger partial charge in [-0.05, 0) is 71.4 Å². The molecule has 0 amide bonds. The summed E-state index contributed by atoms with van der Waals surface area (Å²) in [6.45, 7) is 5.66. The van der Waals surface area contributed by atoms with E-state index in [2.05, 4.69) is 37.2 Å². The molecule has 3 nitrogen and oxygen atoms in total. The van der Waals surface area contributed by atoms with Crippen molar-refractivity contribution >= 4 is 0 Å². The van der Waals surface area contributed by atoms with Gasteiger partial charge in [0, 0.05) is 12.1 Å². The lowest BCUT2D eigenvalue weighted by molar-refractivity contribution is 0.137. The Hall–Kier alpha value is -0.590. The summed E-state index contributed by atoms with van der Waals surface area (Å²) in [6.07, 6.45) is 11.4. The van der Waals surface area contributed by atoms with Crippen molar-refractivity contribution < 1.29 is 0 Å². The summed E-state index contributed by atoms with van der Waals surface area (Å²) in [5.74, 6) is 0.852. The van der Waals surface area contributed by atoms with E-state index in [0.717, 1.165) is 24.8 Å². The first-order chi connectivity index (χ1) is 10.0. The Bertz CT molecular complexity index is 358. The third-order valence-corrected chi connectivity index (χ3v) is 5.42. The SMILES string of the molecule is CC1CCCCC1N(C)CCCCC(C)(C#N)NC1CC1.